The largest absolute Gasteiger partial charge is 0.497 e. The van der Waals surface area contributed by atoms with Gasteiger partial charge in [-0.15, -0.1) is 0 Å². The minimum Gasteiger partial charge on any atom is -0.497 e. The highest BCUT2D eigenvalue weighted by Crippen LogP contribution is 2.16. The SMILES string of the molecule is COc1ccc(CNCCC(C)CCC(=O)O)c(F)c1. The maximum atomic E-state index is 13.6. The van der Waals surface area contributed by atoms with Crippen LogP contribution in [0.4, 0.5) is 4.39 Å². The predicted molar refractivity (Wildman–Crippen MR) is 75.3 cm³/mol. The van der Waals surface area contributed by atoms with Gasteiger partial charge in [0.05, 0.1) is 7.11 Å². The van der Waals surface area contributed by atoms with Crippen LogP contribution >= 0.6 is 0 Å². The lowest BCUT2D eigenvalue weighted by atomic mass is 10.0. The molecule has 1 unspecified atom stereocenters. The van der Waals surface area contributed by atoms with Crippen LogP contribution in [0.2, 0.25) is 0 Å². The monoisotopic (exact) mass is 283 g/mol. The average molecular weight is 283 g/mol. The molecule has 112 valence electrons. The number of methoxy groups -OCH3 is 1. The molecule has 0 bridgehead atoms. The van der Waals surface area contributed by atoms with E-state index in [9.17, 15) is 9.18 Å². The maximum Gasteiger partial charge on any atom is 0.303 e. The van der Waals surface area contributed by atoms with E-state index in [2.05, 4.69) is 5.32 Å². The number of halogens is 1. The molecule has 0 aliphatic rings. The lowest BCUT2D eigenvalue weighted by Gasteiger charge is -2.11. The standard InChI is InChI=1S/C15H22FNO3/c1-11(3-6-15(18)19)7-8-17-10-12-4-5-13(20-2)9-14(12)16/h4-5,9,11,17H,3,6-8,10H2,1-2H3,(H,18,19). The summed E-state index contributed by atoms with van der Waals surface area (Å²) in [5.74, 6) is -0.186. The fourth-order valence-corrected chi connectivity index (χ4v) is 1.88. The highest BCUT2D eigenvalue weighted by Gasteiger charge is 2.06. The number of carbonyl (C=O) groups is 1. The third-order valence-electron chi connectivity index (χ3n) is 3.24. The molecule has 0 aliphatic heterocycles. The number of hydrogen-bond donors (Lipinski definition) is 2. The molecule has 0 saturated carbocycles. The summed E-state index contributed by atoms with van der Waals surface area (Å²) in [6.45, 7) is 3.23. The third-order valence-corrected chi connectivity index (χ3v) is 3.24. The Bertz CT molecular complexity index is 437. The molecule has 0 amide bonds. The number of hydrogen-bond acceptors (Lipinski definition) is 3. The van der Waals surface area contributed by atoms with Crippen LogP contribution in [-0.4, -0.2) is 24.7 Å². The van der Waals surface area contributed by atoms with E-state index in [0.717, 1.165) is 13.0 Å². The second-order valence-corrected chi connectivity index (χ2v) is 4.96. The highest BCUT2D eigenvalue weighted by molar-refractivity contribution is 5.66. The van der Waals surface area contributed by atoms with Crippen molar-refractivity contribution in [2.24, 2.45) is 5.92 Å². The van der Waals surface area contributed by atoms with E-state index in [4.69, 9.17) is 9.84 Å². The first-order valence-corrected chi connectivity index (χ1v) is 6.78. The Labute approximate surface area is 119 Å². The van der Waals surface area contributed by atoms with Gasteiger partial charge in [0.15, 0.2) is 0 Å². The molecule has 5 heteroatoms. The molecule has 1 atom stereocenters. The highest BCUT2D eigenvalue weighted by atomic mass is 19.1. The molecule has 1 aromatic rings. The molecule has 1 aromatic carbocycles. The Morgan fingerprint density at radius 3 is 2.80 bits per heavy atom. The Morgan fingerprint density at radius 1 is 1.45 bits per heavy atom. The van der Waals surface area contributed by atoms with Crippen LogP contribution in [0.25, 0.3) is 0 Å². The van der Waals surface area contributed by atoms with Gasteiger partial charge in [-0.25, -0.2) is 4.39 Å². The summed E-state index contributed by atoms with van der Waals surface area (Å²) in [6.07, 6.45) is 1.76. The fourth-order valence-electron chi connectivity index (χ4n) is 1.88. The van der Waals surface area contributed by atoms with Crippen molar-refractivity contribution < 1.29 is 19.0 Å². The van der Waals surface area contributed by atoms with Crippen LogP contribution in [0.5, 0.6) is 5.75 Å². The maximum absolute atomic E-state index is 13.6. The van der Waals surface area contributed by atoms with Crippen LogP contribution in [0.3, 0.4) is 0 Å². The molecular weight excluding hydrogens is 261 g/mol. The van der Waals surface area contributed by atoms with Gasteiger partial charge in [0.25, 0.3) is 0 Å². The number of benzene rings is 1. The van der Waals surface area contributed by atoms with Gasteiger partial charge in [0.1, 0.15) is 11.6 Å². The summed E-state index contributed by atoms with van der Waals surface area (Å²) in [7, 11) is 1.51. The molecule has 1 rings (SSSR count). The Hall–Kier alpha value is -1.62. The van der Waals surface area contributed by atoms with Gasteiger partial charge >= 0.3 is 5.97 Å². The van der Waals surface area contributed by atoms with Crippen LogP contribution in [0, 0.1) is 11.7 Å². The minimum atomic E-state index is -0.759. The second kappa shape index (κ2) is 8.53. The summed E-state index contributed by atoms with van der Waals surface area (Å²) < 4.78 is 18.6. The Balaban J connectivity index is 2.25. The zero-order valence-corrected chi connectivity index (χ0v) is 12.0. The number of ether oxygens (including phenoxy) is 1. The fraction of sp³-hybridized carbons (Fsp3) is 0.533. The zero-order chi connectivity index (χ0) is 15.0. The zero-order valence-electron chi connectivity index (χ0n) is 12.0. The van der Waals surface area contributed by atoms with E-state index in [1.165, 1.54) is 13.2 Å². The van der Waals surface area contributed by atoms with Crippen molar-refractivity contribution in [3.8, 4) is 5.75 Å². The summed E-state index contributed by atoms with van der Waals surface area (Å²) in [6, 6.07) is 4.80. The van der Waals surface area contributed by atoms with E-state index in [1.807, 2.05) is 6.92 Å². The number of aliphatic carboxylic acids is 1. The van der Waals surface area contributed by atoms with Gasteiger partial charge < -0.3 is 15.2 Å². The minimum absolute atomic E-state index is 0.203. The summed E-state index contributed by atoms with van der Waals surface area (Å²) >= 11 is 0. The van der Waals surface area contributed by atoms with E-state index >= 15 is 0 Å². The van der Waals surface area contributed by atoms with Crippen molar-refractivity contribution in [2.45, 2.75) is 32.7 Å². The summed E-state index contributed by atoms with van der Waals surface area (Å²) in [4.78, 5) is 10.4. The quantitative estimate of drug-likeness (QED) is 0.684. The van der Waals surface area contributed by atoms with Crippen LogP contribution in [-0.2, 0) is 11.3 Å². The van der Waals surface area contributed by atoms with E-state index in [-0.39, 0.29) is 12.2 Å². The molecule has 20 heavy (non-hydrogen) atoms. The second-order valence-electron chi connectivity index (χ2n) is 4.96. The molecular formula is C15H22FNO3. The van der Waals surface area contributed by atoms with Gasteiger partial charge in [-0.1, -0.05) is 13.0 Å². The van der Waals surface area contributed by atoms with Gasteiger partial charge in [-0.2, -0.15) is 0 Å². The van der Waals surface area contributed by atoms with E-state index in [0.29, 0.717) is 30.2 Å². The van der Waals surface area contributed by atoms with Gasteiger partial charge in [-0.3, -0.25) is 4.79 Å². The van der Waals surface area contributed by atoms with Crippen molar-refractivity contribution in [3.63, 3.8) is 0 Å². The van der Waals surface area contributed by atoms with E-state index in [1.54, 1.807) is 12.1 Å². The smallest absolute Gasteiger partial charge is 0.303 e. The number of rotatable bonds is 9. The molecule has 0 spiro atoms. The first kappa shape index (κ1) is 16.4. The molecule has 0 fully saturated rings. The first-order valence-electron chi connectivity index (χ1n) is 6.78. The van der Waals surface area contributed by atoms with Crippen LogP contribution in [0.15, 0.2) is 18.2 Å². The topological polar surface area (TPSA) is 58.6 Å². The molecule has 0 heterocycles. The van der Waals surface area contributed by atoms with E-state index < -0.39 is 5.97 Å². The molecule has 0 saturated heterocycles. The lowest BCUT2D eigenvalue weighted by Crippen LogP contribution is -2.18. The Kier molecular flexibility index (Phi) is 7.01. The average Bonchev–Trinajstić information content (AvgIpc) is 2.42. The van der Waals surface area contributed by atoms with Crippen molar-refractivity contribution in [1.29, 1.82) is 0 Å². The van der Waals surface area contributed by atoms with Crippen LogP contribution in [0.1, 0.15) is 31.7 Å². The van der Waals surface area contributed by atoms with Crippen molar-refractivity contribution in [2.75, 3.05) is 13.7 Å². The number of carboxylic acids is 1. The Morgan fingerprint density at radius 2 is 2.20 bits per heavy atom. The van der Waals surface area contributed by atoms with Gasteiger partial charge in [-0.05, 0) is 31.4 Å². The third kappa shape index (κ3) is 6.02. The molecule has 0 aliphatic carbocycles. The first-order chi connectivity index (χ1) is 9.52. The van der Waals surface area contributed by atoms with Crippen molar-refractivity contribution in [3.05, 3.63) is 29.6 Å². The van der Waals surface area contributed by atoms with Crippen LogP contribution < -0.4 is 10.1 Å². The molecule has 0 aromatic heterocycles. The number of nitrogens with one attached hydrogen (secondary N) is 1. The lowest BCUT2D eigenvalue weighted by molar-refractivity contribution is -0.137. The van der Waals surface area contributed by atoms with Crippen molar-refractivity contribution >= 4 is 5.97 Å². The predicted octanol–water partition coefficient (Wildman–Crippen LogP) is 2.81. The van der Waals surface area contributed by atoms with Gasteiger partial charge in [0.2, 0.25) is 0 Å². The molecule has 0 radical (unpaired) electrons. The van der Waals surface area contributed by atoms with Gasteiger partial charge in [0, 0.05) is 24.6 Å². The number of carboxylic acid groups (broad SMARTS) is 1. The molecule has 2 N–H and O–H groups in total. The normalized spacial score (nSPS) is 12.2. The summed E-state index contributed by atoms with van der Waals surface area (Å²) in [5.41, 5.74) is 0.601. The molecule has 4 nitrogen and oxygen atoms in total. The van der Waals surface area contributed by atoms with Crippen molar-refractivity contribution in [1.82, 2.24) is 5.32 Å². The summed E-state index contributed by atoms with van der Waals surface area (Å²) in [5, 5.41) is 11.8.